The number of carbonyl (C=O) groups is 2. The fourth-order valence-electron chi connectivity index (χ4n) is 3.20. The van der Waals surface area contributed by atoms with Crippen LogP contribution in [0.3, 0.4) is 0 Å². The van der Waals surface area contributed by atoms with Crippen molar-refractivity contribution in [3.05, 3.63) is 47.7 Å². The van der Waals surface area contributed by atoms with Crippen LogP contribution in [0.5, 0.6) is 5.75 Å². The summed E-state index contributed by atoms with van der Waals surface area (Å²) < 4.78 is 5.31. The predicted molar refractivity (Wildman–Crippen MR) is 109 cm³/mol. The van der Waals surface area contributed by atoms with Crippen molar-refractivity contribution in [2.75, 3.05) is 50.6 Å². The second-order valence-electron chi connectivity index (χ2n) is 7.00. The second-order valence-corrected chi connectivity index (χ2v) is 7.00. The Bertz CT molecular complexity index is 843. The molecule has 2 aromatic rings. The smallest absolute Gasteiger partial charge is 0.228 e. The van der Waals surface area contributed by atoms with Gasteiger partial charge in [0.05, 0.1) is 25.4 Å². The lowest BCUT2D eigenvalue weighted by Crippen LogP contribution is -2.44. The highest BCUT2D eigenvalue weighted by molar-refractivity contribution is 5.96. The van der Waals surface area contributed by atoms with E-state index >= 15 is 0 Å². The maximum Gasteiger partial charge on any atom is 0.228 e. The second kappa shape index (κ2) is 8.84. The van der Waals surface area contributed by atoms with Crippen LogP contribution in [0.1, 0.15) is 22.8 Å². The van der Waals surface area contributed by atoms with Crippen LogP contribution in [-0.4, -0.2) is 61.9 Å². The third-order valence-corrected chi connectivity index (χ3v) is 4.90. The molecule has 148 valence electrons. The van der Waals surface area contributed by atoms with Crippen molar-refractivity contribution < 1.29 is 14.3 Å². The molecule has 1 aromatic heterocycles. The van der Waals surface area contributed by atoms with Crippen molar-refractivity contribution in [2.24, 2.45) is 0 Å². The fourth-order valence-corrected chi connectivity index (χ4v) is 3.20. The zero-order valence-electron chi connectivity index (χ0n) is 16.6. The number of hydrogen-bond donors (Lipinski definition) is 1. The number of nitrogens with one attached hydrogen (secondary N) is 1. The summed E-state index contributed by atoms with van der Waals surface area (Å²) in [7, 11) is 3.66. The number of hydrogen-bond acceptors (Lipinski definition) is 6. The maximum atomic E-state index is 12.5. The number of likely N-dealkylation sites (N-methyl/N-ethyl adjacent to an activating group) is 1. The molecule has 0 saturated carbocycles. The Hall–Kier alpha value is -2.93. The molecule has 1 aliphatic rings. The van der Waals surface area contributed by atoms with Gasteiger partial charge in [0.2, 0.25) is 5.91 Å². The van der Waals surface area contributed by atoms with Gasteiger partial charge in [-0.3, -0.25) is 9.59 Å². The van der Waals surface area contributed by atoms with Crippen LogP contribution in [-0.2, 0) is 11.2 Å². The van der Waals surface area contributed by atoms with Crippen molar-refractivity contribution in [3.63, 3.8) is 0 Å². The molecule has 2 heterocycles. The van der Waals surface area contributed by atoms with Crippen molar-refractivity contribution in [3.8, 4) is 5.75 Å². The van der Waals surface area contributed by atoms with Gasteiger partial charge in [-0.05, 0) is 44.3 Å². The summed E-state index contributed by atoms with van der Waals surface area (Å²) in [6, 6.07) is 8.91. The van der Waals surface area contributed by atoms with Crippen LogP contribution in [0.2, 0.25) is 0 Å². The SMILES string of the molecule is COc1ccc(C(C)=O)cc1CC(=O)Nc1ccc(N2CCN(C)CC2)nc1. The van der Waals surface area contributed by atoms with E-state index in [4.69, 9.17) is 4.74 Å². The van der Waals surface area contributed by atoms with Crippen LogP contribution >= 0.6 is 0 Å². The van der Waals surface area contributed by atoms with E-state index in [1.165, 1.54) is 6.92 Å². The van der Waals surface area contributed by atoms with Crippen molar-refractivity contribution in [1.82, 2.24) is 9.88 Å². The average Bonchev–Trinajstić information content (AvgIpc) is 2.69. The minimum atomic E-state index is -0.187. The first-order valence-corrected chi connectivity index (χ1v) is 9.33. The quantitative estimate of drug-likeness (QED) is 0.773. The normalized spacial score (nSPS) is 14.6. The molecule has 1 aromatic carbocycles. The van der Waals surface area contributed by atoms with E-state index in [9.17, 15) is 9.59 Å². The van der Waals surface area contributed by atoms with E-state index in [0.29, 0.717) is 22.6 Å². The van der Waals surface area contributed by atoms with Gasteiger partial charge in [-0.1, -0.05) is 0 Å². The van der Waals surface area contributed by atoms with Crippen molar-refractivity contribution in [1.29, 1.82) is 0 Å². The molecule has 3 rings (SSSR count). The lowest BCUT2D eigenvalue weighted by molar-refractivity contribution is -0.115. The van der Waals surface area contributed by atoms with Gasteiger partial charge < -0.3 is 19.9 Å². The third-order valence-electron chi connectivity index (χ3n) is 4.90. The number of nitrogens with zero attached hydrogens (tertiary/aromatic N) is 3. The van der Waals surface area contributed by atoms with Crippen LogP contribution < -0.4 is 15.0 Å². The number of pyridine rings is 1. The Morgan fingerprint density at radius 3 is 2.50 bits per heavy atom. The first kappa shape index (κ1) is 19.8. The lowest BCUT2D eigenvalue weighted by atomic mass is 10.0. The molecule has 28 heavy (non-hydrogen) atoms. The summed E-state index contributed by atoms with van der Waals surface area (Å²) in [5, 5.41) is 2.86. The molecule has 0 bridgehead atoms. The number of ketones is 1. The van der Waals surface area contributed by atoms with E-state index in [0.717, 1.165) is 32.0 Å². The van der Waals surface area contributed by atoms with Gasteiger partial charge in [0.15, 0.2) is 5.78 Å². The number of rotatable bonds is 6. The molecule has 1 fully saturated rings. The van der Waals surface area contributed by atoms with Crippen molar-refractivity contribution in [2.45, 2.75) is 13.3 Å². The van der Waals surface area contributed by atoms with E-state index in [1.807, 2.05) is 12.1 Å². The summed E-state index contributed by atoms with van der Waals surface area (Å²) in [5.74, 6) is 1.27. The largest absolute Gasteiger partial charge is 0.496 e. The summed E-state index contributed by atoms with van der Waals surface area (Å²) >= 11 is 0. The van der Waals surface area contributed by atoms with Crippen molar-refractivity contribution >= 4 is 23.2 Å². The Kier molecular flexibility index (Phi) is 6.26. The molecular formula is C21H26N4O3. The zero-order chi connectivity index (χ0) is 20.1. The van der Waals surface area contributed by atoms with Gasteiger partial charge in [-0.25, -0.2) is 4.98 Å². The van der Waals surface area contributed by atoms with Crippen LogP contribution in [0.25, 0.3) is 0 Å². The van der Waals surface area contributed by atoms with Crippen LogP contribution in [0.4, 0.5) is 11.5 Å². The zero-order valence-corrected chi connectivity index (χ0v) is 16.6. The number of aromatic nitrogens is 1. The molecule has 1 saturated heterocycles. The minimum Gasteiger partial charge on any atom is -0.496 e. The molecule has 7 nitrogen and oxygen atoms in total. The van der Waals surface area contributed by atoms with Crippen LogP contribution in [0.15, 0.2) is 36.5 Å². The van der Waals surface area contributed by atoms with E-state index in [2.05, 4.69) is 27.1 Å². The Morgan fingerprint density at radius 2 is 1.89 bits per heavy atom. The van der Waals surface area contributed by atoms with Gasteiger partial charge in [0.25, 0.3) is 0 Å². The first-order chi connectivity index (χ1) is 13.5. The first-order valence-electron chi connectivity index (χ1n) is 9.33. The van der Waals surface area contributed by atoms with Crippen LogP contribution in [0, 0.1) is 0 Å². The molecule has 7 heteroatoms. The fraction of sp³-hybridized carbons (Fsp3) is 0.381. The maximum absolute atomic E-state index is 12.5. The number of amides is 1. The molecular weight excluding hydrogens is 356 g/mol. The predicted octanol–water partition coefficient (Wildman–Crippen LogP) is 2.23. The van der Waals surface area contributed by atoms with Gasteiger partial charge in [-0.2, -0.15) is 0 Å². The number of Topliss-reactive ketones (excluding diaryl/α,β-unsaturated/α-hetero) is 1. The molecule has 0 atom stereocenters. The number of methoxy groups -OCH3 is 1. The highest BCUT2D eigenvalue weighted by Gasteiger charge is 2.16. The third kappa shape index (κ3) is 4.86. The summed E-state index contributed by atoms with van der Waals surface area (Å²) in [6.07, 6.45) is 1.79. The van der Waals surface area contributed by atoms with E-state index in [1.54, 1.807) is 31.5 Å². The summed E-state index contributed by atoms with van der Waals surface area (Å²) in [4.78, 5) is 33.1. The number of carbonyl (C=O) groups excluding carboxylic acids is 2. The molecule has 0 radical (unpaired) electrons. The average molecular weight is 382 g/mol. The Balaban J connectivity index is 1.63. The molecule has 1 amide bonds. The summed E-state index contributed by atoms with van der Waals surface area (Å²) in [6.45, 7) is 5.42. The number of ether oxygens (including phenoxy) is 1. The molecule has 1 N–H and O–H groups in total. The van der Waals surface area contributed by atoms with Gasteiger partial charge >= 0.3 is 0 Å². The van der Waals surface area contributed by atoms with Gasteiger partial charge in [0.1, 0.15) is 11.6 Å². The monoisotopic (exact) mass is 382 g/mol. The van der Waals surface area contributed by atoms with E-state index < -0.39 is 0 Å². The minimum absolute atomic E-state index is 0.0481. The van der Waals surface area contributed by atoms with Gasteiger partial charge in [-0.15, -0.1) is 0 Å². The topological polar surface area (TPSA) is 74.8 Å². The number of piperazine rings is 1. The summed E-state index contributed by atoms with van der Waals surface area (Å²) in [5.41, 5.74) is 1.88. The Morgan fingerprint density at radius 1 is 1.14 bits per heavy atom. The molecule has 1 aliphatic heterocycles. The molecule has 0 aliphatic carbocycles. The highest BCUT2D eigenvalue weighted by atomic mass is 16.5. The highest BCUT2D eigenvalue weighted by Crippen LogP contribution is 2.22. The molecule has 0 spiro atoms. The standard InChI is InChI=1S/C21H26N4O3/c1-15(26)16-4-6-19(28-3)17(12-16)13-21(27)23-18-5-7-20(22-14-18)25-10-8-24(2)9-11-25/h4-7,12,14H,8-11,13H2,1-3H3,(H,23,27). The number of anilines is 2. The molecule has 0 unspecified atom stereocenters. The van der Waals surface area contributed by atoms with Gasteiger partial charge in [0, 0.05) is 37.3 Å². The lowest BCUT2D eigenvalue weighted by Gasteiger charge is -2.33. The Labute approximate surface area is 165 Å². The van der Waals surface area contributed by atoms with E-state index in [-0.39, 0.29) is 18.1 Å². The number of benzene rings is 1.